The number of carbonyl (C=O) groups is 1. The average molecular weight is 265 g/mol. The van der Waals surface area contributed by atoms with Crippen molar-refractivity contribution in [2.45, 2.75) is 11.4 Å². The lowest BCUT2D eigenvalue weighted by Crippen LogP contribution is -2.90. The van der Waals surface area contributed by atoms with Crippen LogP contribution in [-0.2, 0) is 4.79 Å². The van der Waals surface area contributed by atoms with Crippen molar-refractivity contribution in [3.05, 3.63) is 42.5 Å². The maximum Gasteiger partial charge on any atom is 0.159 e. The number of carboxylic acid groups (broad SMARTS) is 1. The SMILES string of the molecule is C=CCOc1ccc([C@H]2[NH2+][C@H](C(=O)[O-])CS2)cc1. The number of carbonyl (C=O) groups excluding carboxylic acids is 1. The fourth-order valence-corrected chi connectivity index (χ4v) is 3.10. The molecule has 1 aliphatic heterocycles. The normalized spacial score (nSPS) is 22.7. The van der Waals surface area contributed by atoms with Crippen molar-refractivity contribution >= 4 is 17.7 Å². The van der Waals surface area contributed by atoms with Crippen LogP contribution in [0.3, 0.4) is 0 Å². The molecule has 1 aromatic rings. The van der Waals surface area contributed by atoms with Crippen LogP contribution in [0.25, 0.3) is 0 Å². The molecule has 4 nitrogen and oxygen atoms in total. The van der Waals surface area contributed by atoms with Crippen LogP contribution < -0.4 is 15.2 Å². The van der Waals surface area contributed by atoms with Crippen molar-refractivity contribution in [3.63, 3.8) is 0 Å². The van der Waals surface area contributed by atoms with Gasteiger partial charge in [0.15, 0.2) is 5.37 Å². The summed E-state index contributed by atoms with van der Waals surface area (Å²) in [5.74, 6) is 0.385. The van der Waals surface area contributed by atoms with Gasteiger partial charge in [-0.25, -0.2) is 0 Å². The molecular formula is C13H15NO3S. The number of rotatable bonds is 5. The van der Waals surface area contributed by atoms with Crippen LogP contribution in [0, 0.1) is 0 Å². The van der Waals surface area contributed by atoms with Crippen LogP contribution >= 0.6 is 11.8 Å². The van der Waals surface area contributed by atoms with Crippen LogP contribution in [-0.4, -0.2) is 24.4 Å². The highest BCUT2D eigenvalue weighted by Gasteiger charge is 2.30. The van der Waals surface area contributed by atoms with Crippen LogP contribution in [0.15, 0.2) is 36.9 Å². The molecule has 5 heteroatoms. The molecule has 0 saturated carbocycles. The first kappa shape index (κ1) is 13.0. The molecule has 1 heterocycles. The molecule has 2 atom stereocenters. The van der Waals surface area contributed by atoms with Gasteiger partial charge in [-0.3, -0.25) is 0 Å². The zero-order valence-corrected chi connectivity index (χ0v) is 10.7. The second-order valence-electron chi connectivity index (χ2n) is 4.04. The van der Waals surface area contributed by atoms with E-state index >= 15 is 0 Å². The molecular weight excluding hydrogens is 250 g/mol. The Bertz CT molecular complexity index is 432. The highest BCUT2D eigenvalue weighted by molar-refractivity contribution is 7.99. The van der Waals surface area contributed by atoms with E-state index in [0.29, 0.717) is 12.4 Å². The Kier molecular flexibility index (Phi) is 4.28. The van der Waals surface area contributed by atoms with Crippen LogP contribution in [0.1, 0.15) is 10.9 Å². The second kappa shape index (κ2) is 5.93. The minimum Gasteiger partial charge on any atom is -0.544 e. The predicted molar refractivity (Wildman–Crippen MR) is 68.1 cm³/mol. The van der Waals surface area contributed by atoms with Crippen molar-refractivity contribution < 1.29 is 20.0 Å². The van der Waals surface area contributed by atoms with Gasteiger partial charge >= 0.3 is 0 Å². The molecule has 1 aromatic carbocycles. The number of carboxylic acids is 1. The molecule has 0 radical (unpaired) electrons. The minimum absolute atomic E-state index is 0.126. The lowest BCUT2D eigenvalue weighted by Gasteiger charge is -2.11. The van der Waals surface area contributed by atoms with Gasteiger partial charge in [-0.15, -0.1) is 0 Å². The molecule has 2 rings (SSSR count). The molecule has 0 spiro atoms. The Morgan fingerprint density at radius 2 is 2.28 bits per heavy atom. The Labute approximate surface area is 110 Å². The average Bonchev–Trinajstić information content (AvgIpc) is 2.87. The first-order valence-electron chi connectivity index (χ1n) is 5.72. The summed E-state index contributed by atoms with van der Waals surface area (Å²) in [5.41, 5.74) is 1.09. The highest BCUT2D eigenvalue weighted by atomic mass is 32.2. The number of hydrogen-bond acceptors (Lipinski definition) is 4. The van der Waals surface area contributed by atoms with Gasteiger partial charge in [0.25, 0.3) is 0 Å². The van der Waals surface area contributed by atoms with Crippen LogP contribution in [0.4, 0.5) is 0 Å². The lowest BCUT2D eigenvalue weighted by atomic mass is 10.2. The number of ether oxygens (including phenoxy) is 1. The van der Waals surface area contributed by atoms with E-state index in [-0.39, 0.29) is 5.37 Å². The van der Waals surface area contributed by atoms with Gasteiger partial charge < -0.3 is 20.0 Å². The smallest absolute Gasteiger partial charge is 0.159 e. The first-order valence-corrected chi connectivity index (χ1v) is 6.76. The van der Waals surface area contributed by atoms with E-state index in [4.69, 9.17) is 4.74 Å². The van der Waals surface area contributed by atoms with Gasteiger partial charge in [0.05, 0.1) is 5.75 Å². The zero-order valence-electron chi connectivity index (χ0n) is 9.87. The van der Waals surface area contributed by atoms with E-state index in [2.05, 4.69) is 6.58 Å². The lowest BCUT2D eigenvalue weighted by molar-refractivity contribution is -0.690. The summed E-state index contributed by atoms with van der Waals surface area (Å²) in [5, 5.41) is 12.7. The Hall–Kier alpha value is -1.46. The van der Waals surface area contributed by atoms with Gasteiger partial charge in [-0.2, -0.15) is 0 Å². The summed E-state index contributed by atoms with van der Waals surface area (Å²) in [6, 6.07) is 7.25. The zero-order chi connectivity index (χ0) is 13.0. The van der Waals surface area contributed by atoms with E-state index in [1.54, 1.807) is 17.8 Å². The third-order valence-corrected chi connectivity index (χ3v) is 4.08. The molecule has 0 amide bonds. The standard InChI is InChI=1S/C13H15NO3S/c1-2-7-17-10-5-3-9(4-6-10)12-14-11(8-18-12)13(15)16/h2-6,11-12,14H,1,7-8H2,(H,15,16)/t11-,12-/m0/s1. The predicted octanol–water partition coefficient (Wildman–Crippen LogP) is -0.321. The van der Waals surface area contributed by atoms with Crippen molar-refractivity contribution in [1.29, 1.82) is 0 Å². The van der Waals surface area contributed by atoms with Crippen molar-refractivity contribution in [2.24, 2.45) is 0 Å². The first-order chi connectivity index (χ1) is 8.70. The third kappa shape index (κ3) is 3.05. The number of quaternary nitrogens is 1. The summed E-state index contributed by atoms with van der Waals surface area (Å²) >= 11 is 1.62. The van der Waals surface area contributed by atoms with Crippen molar-refractivity contribution in [2.75, 3.05) is 12.4 Å². The van der Waals surface area contributed by atoms with E-state index in [9.17, 15) is 9.90 Å². The van der Waals surface area contributed by atoms with E-state index in [1.165, 1.54) is 0 Å². The molecule has 96 valence electrons. The van der Waals surface area contributed by atoms with E-state index in [0.717, 1.165) is 11.3 Å². The third-order valence-electron chi connectivity index (χ3n) is 2.74. The number of aliphatic carboxylic acids is 1. The van der Waals surface area contributed by atoms with Gasteiger partial charge in [0, 0.05) is 5.56 Å². The summed E-state index contributed by atoms with van der Waals surface area (Å²) in [6.07, 6.45) is 1.69. The molecule has 18 heavy (non-hydrogen) atoms. The molecule has 1 saturated heterocycles. The molecule has 0 aromatic heterocycles. The quantitative estimate of drug-likeness (QED) is 0.741. The summed E-state index contributed by atoms with van der Waals surface area (Å²) in [6.45, 7) is 4.07. The Balaban J connectivity index is 1.98. The Morgan fingerprint density at radius 1 is 1.56 bits per heavy atom. The molecule has 2 N–H and O–H groups in total. The maximum absolute atomic E-state index is 10.8. The summed E-state index contributed by atoms with van der Waals surface area (Å²) in [7, 11) is 0. The largest absolute Gasteiger partial charge is 0.544 e. The number of nitrogens with two attached hydrogens (primary N) is 1. The fourth-order valence-electron chi connectivity index (χ4n) is 1.79. The maximum atomic E-state index is 10.8. The van der Waals surface area contributed by atoms with Gasteiger partial charge in [-0.05, 0) is 24.3 Å². The molecule has 0 bridgehead atoms. The number of benzene rings is 1. The molecule has 0 aliphatic carbocycles. The summed E-state index contributed by atoms with van der Waals surface area (Å²) < 4.78 is 5.39. The second-order valence-corrected chi connectivity index (χ2v) is 5.22. The minimum atomic E-state index is -0.990. The van der Waals surface area contributed by atoms with Crippen LogP contribution in [0.5, 0.6) is 5.75 Å². The molecule has 1 fully saturated rings. The van der Waals surface area contributed by atoms with Gasteiger partial charge in [0.1, 0.15) is 24.4 Å². The number of thioether (sulfide) groups is 1. The number of hydrogen-bond donors (Lipinski definition) is 1. The van der Waals surface area contributed by atoms with Crippen LogP contribution in [0.2, 0.25) is 0 Å². The molecule has 1 aliphatic rings. The van der Waals surface area contributed by atoms with Gasteiger partial charge in [0.2, 0.25) is 0 Å². The van der Waals surface area contributed by atoms with E-state index < -0.39 is 12.0 Å². The van der Waals surface area contributed by atoms with Crippen molar-refractivity contribution in [1.82, 2.24) is 0 Å². The summed E-state index contributed by atoms with van der Waals surface area (Å²) in [4.78, 5) is 10.8. The molecule has 0 unspecified atom stereocenters. The van der Waals surface area contributed by atoms with Crippen molar-refractivity contribution in [3.8, 4) is 5.75 Å². The Morgan fingerprint density at radius 3 is 2.83 bits per heavy atom. The monoisotopic (exact) mass is 265 g/mol. The van der Waals surface area contributed by atoms with E-state index in [1.807, 2.05) is 29.6 Å². The highest BCUT2D eigenvalue weighted by Crippen LogP contribution is 2.27. The topological polar surface area (TPSA) is 66.0 Å². The van der Waals surface area contributed by atoms with Gasteiger partial charge in [-0.1, -0.05) is 24.4 Å². The fraction of sp³-hybridized carbons (Fsp3) is 0.308.